The molecule has 7 nitrogen and oxygen atoms in total. The number of benzene rings is 1. The molecule has 24 heavy (non-hydrogen) atoms. The zero-order valence-corrected chi connectivity index (χ0v) is 14.1. The van der Waals surface area contributed by atoms with Gasteiger partial charge in [0.15, 0.2) is 0 Å². The third kappa shape index (κ3) is 5.33. The molecule has 2 amide bonds. The van der Waals surface area contributed by atoms with Gasteiger partial charge in [0, 0.05) is 19.1 Å². The van der Waals surface area contributed by atoms with Gasteiger partial charge in [0.25, 0.3) is 0 Å². The van der Waals surface area contributed by atoms with Gasteiger partial charge in [0.2, 0.25) is 0 Å². The van der Waals surface area contributed by atoms with Crippen molar-refractivity contribution >= 4 is 23.4 Å². The molecule has 1 fully saturated rings. The lowest BCUT2D eigenvalue weighted by atomic mass is 10.1. The number of amides is 2. The number of nitrogens with one attached hydrogen (secondary N) is 3. The van der Waals surface area contributed by atoms with Crippen LogP contribution in [0.5, 0.6) is 0 Å². The van der Waals surface area contributed by atoms with Gasteiger partial charge in [0.05, 0.1) is 23.5 Å². The first-order valence-electron chi connectivity index (χ1n) is 8.45. The van der Waals surface area contributed by atoms with E-state index < -0.39 is 0 Å². The Morgan fingerprint density at radius 1 is 1.25 bits per heavy atom. The quantitative estimate of drug-likeness (QED) is 0.347. The lowest BCUT2D eigenvalue weighted by molar-refractivity contribution is 0.0526. The maximum absolute atomic E-state index is 11.7. The van der Waals surface area contributed by atoms with Crippen molar-refractivity contribution in [3.8, 4) is 0 Å². The summed E-state index contributed by atoms with van der Waals surface area (Å²) >= 11 is 0. The van der Waals surface area contributed by atoms with Gasteiger partial charge in [0.1, 0.15) is 0 Å². The van der Waals surface area contributed by atoms with Crippen LogP contribution in [0, 0.1) is 0 Å². The predicted octanol–water partition coefficient (Wildman–Crippen LogP) is 2.10. The molecule has 0 spiro atoms. The van der Waals surface area contributed by atoms with Crippen molar-refractivity contribution in [2.75, 3.05) is 30.7 Å². The summed E-state index contributed by atoms with van der Waals surface area (Å²) in [5.41, 5.74) is 7.55. The van der Waals surface area contributed by atoms with Crippen molar-refractivity contribution in [1.82, 2.24) is 10.6 Å². The number of carbonyl (C=O) groups excluding carboxylic acids is 2. The summed E-state index contributed by atoms with van der Waals surface area (Å²) < 4.78 is 4.93. The van der Waals surface area contributed by atoms with Crippen LogP contribution in [0.1, 0.15) is 43.0 Å². The Kier molecular flexibility index (Phi) is 6.72. The average Bonchev–Trinajstić information content (AvgIpc) is 3.05. The summed E-state index contributed by atoms with van der Waals surface area (Å²) in [4.78, 5) is 23.4. The van der Waals surface area contributed by atoms with E-state index >= 15 is 0 Å². The van der Waals surface area contributed by atoms with Gasteiger partial charge >= 0.3 is 12.0 Å². The minimum atomic E-state index is -0.388. The summed E-state index contributed by atoms with van der Waals surface area (Å²) in [7, 11) is 0. The van der Waals surface area contributed by atoms with E-state index in [0.29, 0.717) is 37.0 Å². The van der Waals surface area contributed by atoms with Gasteiger partial charge in [-0.2, -0.15) is 0 Å². The fraction of sp³-hybridized carbons (Fsp3) is 0.529. The van der Waals surface area contributed by atoms with E-state index in [0.717, 1.165) is 18.5 Å². The van der Waals surface area contributed by atoms with Gasteiger partial charge in [-0.15, -0.1) is 0 Å². The Bertz CT molecular complexity index is 571. The van der Waals surface area contributed by atoms with Crippen molar-refractivity contribution in [2.24, 2.45) is 0 Å². The average molecular weight is 334 g/mol. The summed E-state index contributed by atoms with van der Waals surface area (Å²) in [5, 5.41) is 8.93. The molecule has 0 bridgehead atoms. The number of nitrogen functional groups attached to an aromatic ring is 1. The molecule has 1 aliphatic rings. The molecule has 0 aromatic heterocycles. The molecule has 0 atom stereocenters. The zero-order chi connectivity index (χ0) is 17.4. The smallest absolute Gasteiger partial charge is 0.338 e. The summed E-state index contributed by atoms with van der Waals surface area (Å²) in [5.74, 6) is -0.388. The van der Waals surface area contributed by atoms with E-state index in [1.165, 1.54) is 12.8 Å². The van der Waals surface area contributed by atoms with Crippen LogP contribution in [0.2, 0.25) is 0 Å². The predicted molar refractivity (Wildman–Crippen MR) is 94.1 cm³/mol. The van der Waals surface area contributed by atoms with Crippen molar-refractivity contribution < 1.29 is 14.3 Å². The molecular formula is C17H26N4O3. The maximum atomic E-state index is 11.7. The highest BCUT2D eigenvalue weighted by Gasteiger charge is 2.16. The Morgan fingerprint density at radius 2 is 2.00 bits per heavy atom. The molecule has 1 aliphatic carbocycles. The van der Waals surface area contributed by atoms with Gasteiger partial charge in [-0.05, 0) is 38.0 Å². The third-order valence-corrected chi connectivity index (χ3v) is 3.98. The first kappa shape index (κ1) is 17.9. The van der Waals surface area contributed by atoms with Crippen molar-refractivity contribution in [3.63, 3.8) is 0 Å². The van der Waals surface area contributed by atoms with E-state index in [2.05, 4.69) is 16.0 Å². The van der Waals surface area contributed by atoms with Gasteiger partial charge in [-0.25, -0.2) is 9.59 Å². The Labute approximate surface area is 142 Å². The van der Waals surface area contributed by atoms with Crippen LogP contribution in [0.25, 0.3) is 0 Å². The van der Waals surface area contributed by atoms with E-state index in [1.54, 1.807) is 25.1 Å². The molecule has 0 radical (unpaired) electrons. The molecular weight excluding hydrogens is 308 g/mol. The molecule has 0 saturated heterocycles. The summed E-state index contributed by atoms with van der Waals surface area (Å²) in [6.45, 7) is 3.11. The molecule has 0 unspecified atom stereocenters. The van der Waals surface area contributed by atoms with Crippen LogP contribution in [0.3, 0.4) is 0 Å². The van der Waals surface area contributed by atoms with Crippen LogP contribution in [-0.4, -0.2) is 37.7 Å². The molecule has 1 aromatic rings. The van der Waals surface area contributed by atoms with E-state index in [1.807, 2.05) is 0 Å². The Hall–Kier alpha value is -2.44. The number of hydrogen-bond donors (Lipinski definition) is 4. The number of carbonyl (C=O) groups is 2. The van der Waals surface area contributed by atoms with Crippen LogP contribution in [0.15, 0.2) is 18.2 Å². The molecule has 2 rings (SSSR count). The molecule has 132 valence electrons. The lowest BCUT2D eigenvalue weighted by Crippen LogP contribution is -2.42. The van der Waals surface area contributed by atoms with E-state index in [-0.39, 0.29) is 12.0 Å². The second-order valence-corrected chi connectivity index (χ2v) is 5.83. The molecule has 0 heterocycles. The molecule has 1 aromatic carbocycles. The first-order valence-corrected chi connectivity index (χ1v) is 8.45. The fourth-order valence-corrected chi connectivity index (χ4v) is 2.74. The van der Waals surface area contributed by atoms with Crippen LogP contribution < -0.4 is 21.7 Å². The van der Waals surface area contributed by atoms with E-state index in [4.69, 9.17) is 10.5 Å². The maximum Gasteiger partial charge on any atom is 0.338 e. The Morgan fingerprint density at radius 3 is 2.67 bits per heavy atom. The number of hydrogen-bond acceptors (Lipinski definition) is 5. The number of ether oxygens (including phenoxy) is 1. The Balaban J connectivity index is 1.71. The van der Waals surface area contributed by atoms with Crippen LogP contribution >= 0.6 is 0 Å². The van der Waals surface area contributed by atoms with Gasteiger partial charge in [-0.3, -0.25) is 0 Å². The van der Waals surface area contributed by atoms with Crippen molar-refractivity contribution in [1.29, 1.82) is 0 Å². The standard InChI is InChI=1S/C17H26N4O3/c1-2-24-16(22)12-7-8-15(14(18)11-12)19-9-10-20-17(23)21-13-5-3-4-6-13/h7-8,11,13,19H,2-6,9-10,18H2,1H3,(H2,20,21,23). The van der Waals surface area contributed by atoms with Gasteiger partial charge < -0.3 is 26.4 Å². The van der Waals surface area contributed by atoms with Crippen LogP contribution in [0.4, 0.5) is 16.2 Å². The second kappa shape index (κ2) is 9.00. The van der Waals surface area contributed by atoms with E-state index in [9.17, 15) is 9.59 Å². The topological polar surface area (TPSA) is 105 Å². The number of urea groups is 1. The SMILES string of the molecule is CCOC(=O)c1ccc(NCCNC(=O)NC2CCCC2)c(N)c1. The molecule has 0 aliphatic heterocycles. The second-order valence-electron chi connectivity index (χ2n) is 5.83. The normalized spacial score (nSPS) is 14.2. The number of rotatable bonds is 7. The van der Waals surface area contributed by atoms with Crippen LogP contribution in [-0.2, 0) is 4.74 Å². The summed E-state index contributed by atoms with van der Waals surface area (Å²) in [6.07, 6.45) is 4.51. The number of nitrogens with two attached hydrogens (primary N) is 1. The molecule has 1 saturated carbocycles. The highest BCUT2D eigenvalue weighted by Crippen LogP contribution is 2.20. The fourth-order valence-electron chi connectivity index (χ4n) is 2.74. The van der Waals surface area contributed by atoms with Crippen molar-refractivity contribution in [2.45, 2.75) is 38.6 Å². The molecule has 5 N–H and O–H groups in total. The van der Waals surface area contributed by atoms with Gasteiger partial charge in [-0.1, -0.05) is 12.8 Å². The lowest BCUT2D eigenvalue weighted by Gasteiger charge is -2.14. The largest absolute Gasteiger partial charge is 0.462 e. The van der Waals surface area contributed by atoms with Crippen molar-refractivity contribution in [3.05, 3.63) is 23.8 Å². The minimum Gasteiger partial charge on any atom is -0.462 e. The highest BCUT2D eigenvalue weighted by molar-refractivity contribution is 5.91. The first-order chi connectivity index (χ1) is 11.6. The summed E-state index contributed by atoms with van der Waals surface area (Å²) in [6, 6.07) is 5.16. The monoisotopic (exact) mass is 334 g/mol. The number of esters is 1. The third-order valence-electron chi connectivity index (χ3n) is 3.98. The number of anilines is 2. The molecule has 7 heteroatoms. The zero-order valence-electron chi connectivity index (χ0n) is 14.1. The minimum absolute atomic E-state index is 0.130. The highest BCUT2D eigenvalue weighted by atomic mass is 16.5.